The number of nitrogens with one attached hydrogen (secondary N) is 1. The number of methoxy groups -OCH3 is 2. The monoisotopic (exact) mass is 363 g/mol. The lowest BCUT2D eigenvalue weighted by molar-refractivity contribution is 0.0696. The Kier molecular flexibility index (Phi) is 6.25. The minimum atomic E-state index is -1.02. The lowest BCUT2D eigenvalue weighted by atomic mass is 10.1. The largest absolute Gasteiger partial charge is 0.496 e. The van der Waals surface area contributed by atoms with E-state index in [0.29, 0.717) is 35.1 Å². The zero-order valence-corrected chi connectivity index (χ0v) is 14.6. The van der Waals surface area contributed by atoms with Crippen molar-refractivity contribution < 1.29 is 24.2 Å². The van der Waals surface area contributed by atoms with Crippen molar-refractivity contribution in [2.45, 2.75) is 6.42 Å². The van der Waals surface area contributed by atoms with Crippen molar-refractivity contribution in [1.82, 2.24) is 5.32 Å². The Labute approximate surface area is 150 Å². The molecule has 0 unspecified atom stereocenters. The number of carboxylic acid groups (broad SMARTS) is 1. The van der Waals surface area contributed by atoms with Crippen molar-refractivity contribution in [1.29, 1.82) is 0 Å². The van der Waals surface area contributed by atoms with Crippen LogP contribution in [-0.4, -0.2) is 37.7 Å². The summed E-state index contributed by atoms with van der Waals surface area (Å²) in [6, 6.07) is 9.45. The van der Waals surface area contributed by atoms with Gasteiger partial charge in [-0.15, -0.1) is 0 Å². The first kappa shape index (κ1) is 18.6. The number of carbonyl (C=O) groups is 2. The van der Waals surface area contributed by atoms with Gasteiger partial charge >= 0.3 is 5.97 Å². The third-order valence-electron chi connectivity index (χ3n) is 3.62. The molecule has 6 nitrogen and oxygen atoms in total. The second-order valence-corrected chi connectivity index (χ2v) is 5.62. The SMILES string of the molecule is COc1cc(C(=O)O)ccc1CCNC(=O)c1cc(Cl)ccc1OC. The number of halogens is 1. The summed E-state index contributed by atoms with van der Waals surface area (Å²) in [6.07, 6.45) is 0.484. The molecule has 0 aliphatic carbocycles. The molecule has 7 heteroatoms. The Morgan fingerprint density at radius 2 is 1.80 bits per heavy atom. The summed E-state index contributed by atoms with van der Waals surface area (Å²) in [5, 5.41) is 12.2. The van der Waals surface area contributed by atoms with Crippen LogP contribution in [-0.2, 0) is 6.42 Å². The molecule has 25 heavy (non-hydrogen) atoms. The first-order chi connectivity index (χ1) is 12.0. The minimum Gasteiger partial charge on any atom is -0.496 e. The molecule has 2 N–H and O–H groups in total. The van der Waals surface area contributed by atoms with Gasteiger partial charge in [-0.2, -0.15) is 0 Å². The molecule has 0 atom stereocenters. The Balaban J connectivity index is 2.04. The summed E-state index contributed by atoms with van der Waals surface area (Å²) in [5.41, 5.74) is 1.29. The van der Waals surface area contributed by atoms with Crippen LogP contribution in [0.4, 0.5) is 0 Å². The number of carbonyl (C=O) groups excluding carboxylic acids is 1. The average molecular weight is 364 g/mol. The Bertz CT molecular complexity index is 791. The number of carboxylic acids is 1. The molecule has 0 aliphatic rings. The summed E-state index contributed by atoms with van der Waals surface area (Å²) >= 11 is 5.93. The summed E-state index contributed by atoms with van der Waals surface area (Å²) < 4.78 is 10.4. The molecule has 0 fully saturated rings. The van der Waals surface area contributed by atoms with E-state index < -0.39 is 5.97 Å². The van der Waals surface area contributed by atoms with E-state index in [9.17, 15) is 9.59 Å². The van der Waals surface area contributed by atoms with E-state index in [4.69, 9.17) is 26.2 Å². The Hall–Kier alpha value is -2.73. The molecule has 0 aliphatic heterocycles. The van der Waals surface area contributed by atoms with Gasteiger partial charge in [0.1, 0.15) is 11.5 Å². The van der Waals surface area contributed by atoms with Gasteiger partial charge in [-0.05, 0) is 42.3 Å². The molecule has 0 saturated carbocycles. The third kappa shape index (κ3) is 4.64. The van der Waals surface area contributed by atoms with Gasteiger partial charge in [-0.3, -0.25) is 4.79 Å². The molecule has 0 aromatic heterocycles. The van der Waals surface area contributed by atoms with Crippen LogP contribution in [0.3, 0.4) is 0 Å². The highest BCUT2D eigenvalue weighted by Gasteiger charge is 2.13. The van der Waals surface area contributed by atoms with Crippen LogP contribution in [0.15, 0.2) is 36.4 Å². The molecular formula is C18H18ClNO5. The number of ether oxygens (including phenoxy) is 2. The Morgan fingerprint density at radius 3 is 2.44 bits per heavy atom. The van der Waals surface area contributed by atoms with Crippen molar-refractivity contribution in [2.75, 3.05) is 20.8 Å². The predicted molar refractivity (Wildman–Crippen MR) is 94.0 cm³/mol. The van der Waals surface area contributed by atoms with Crippen LogP contribution >= 0.6 is 11.6 Å². The molecule has 2 aromatic rings. The van der Waals surface area contributed by atoms with Crippen molar-refractivity contribution in [3.05, 3.63) is 58.1 Å². The predicted octanol–water partition coefficient (Wildman–Crippen LogP) is 3.03. The number of hydrogen-bond acceptors (Lipinski definition) is 4. The maximum absolute atomic E-state index is 12.3. The van der Waals surface area contributed by atoms with Crippen molar-refractivity contribution in [3.8, 4) is 11.5 Å². The first-order valence-electron chi connectivity index (χ1n) is 7.48. The van der Waals surface area contributed by atoms with Gasteiger partial charge in [-0.25, -0.2) is 4.79 Å². The third-order valence-corrected chi connectivity index (χ3v) is 3.86. The summed E-state index contributed by atoms with van der Waals surface area (Å²) in [6.45, 7) is 0.345. The highest BCUT2D eigenvalue weighted by atomic mass is 35.5. The second kappa shape index (κ2) is 8.39. The molecule has 0 radical (unpaired) electrons. The molecule has 0 heterocycles. The van der Waals surface area contributed by atoms with E-state index in [1.165, 1.54) is 32.4 Å². The van der Waals surface area contributed by atoms with E-state index in [1.54, 1.807) is 18.2 Å². The zero-order chi connectivity index (χ0) is 18.4. The molecule has 132 valence electrons. The summed E-state index contributed by atoms with van der Waals surface area (Å²) in [4.78, 5) is 23.3. The lowest BCUT2D eigenvalue weighted by Crippen LogP contribution is -2.26. The Morgan fingerprint density at radius 1 is 1.08 bits per heavy atom. The van der Waals surface area contributed by atoms with Gasteiger partial charge in [-0.1, -0.05) is 17.7 Å². The van der Waals surface area contributed by atoms with Gasteiger partial charge in [0.15, 0.2) is 0 Å². The maximum atomic E-state index is 12.3. The van der Waals surface area contributed by atoms with E-state index in [-0.39, 0.29) is 11.5 Å². The van der Waals surface area contributed by atoms with Crippen molar-refractivity contribution >= 4 is 23.5 Å². The van der Waals surface area contributed by atoms with Crippen LogP contribution in [0.5, 0.6) is 11.5 Å². The summed E-state index contributed by atoms with van der Waals surface area (Å²) in [7, 11) is 2.95. The molecule has 0 saturated heterocycles. The highest BCUT2D eigenvalue weighted by molar-refractivity contribution is 6.31. The van der Waals surface area contributed by atoms with Gasteiger partial charge in [0.05, 0.1) is 25.3 Å². The fourth-order valence-electron chi connectivity index (χ4n) is 2.35. The standard InChI is InChI=1S/C18H18ClNO5/c1-24-15-6-5-13(19)10-14(15)17(21)20-8-7-11-3-4-12(18(22)23)9-16(11)25-2/h3-6,9-10H,7-8H2,1-2H3,(H,20,21)(H,22,23). The lowest BCUT2D eigenvalue weighted by Gasteiger charge is -2.12. The maximum Gasteiger partial charge on any atom is 0.335 e. The van der Waals surface area contributed by atoms with Crippen LogP contribution in [0.25, 0.3) is 0 Å². The van der Waals surface area contributed by atoms with Crippen molar-refractivity contribution in [2.24, 2.45) is 0 Å². The van der Waals surface area contributed by atoms with E-state index in [2.05, 4.69) is 5.32 Å². The smallest absolute Gasteiger partial charge is 0.335 e. The van der Waals surface area contributed by atoms with Crippen LogP contribution in [0, 0.1) is 0 Å². The normalized spacial score (nSPS) is 10.2. The zero-order valence-electron chi connectivity index (χ0n) is 13.8. The fraction of sp³-hybridized carbons (Fsp3) is 0.222. The fourth-order valence-corrected chi connectivity index (χ4v) is 2.52. The van der Waals surface area contributed by atoms with Crippen LogP contribution < -0.4 is 14.8 Å². The van der Waals surface area contributed by atoms with Crippen LogP contribution in [0.2, 0.25) is 5.02 Å². The number of benzene rings is 2. The van der Waals surface area contributed by atoms with Gasteiger partial charge in [0.25, 0.3) is 5.91 Å². The van der Waals surface area contributed by atoms with Gasteiger partial charge in [0.2, 0.25) is 0 Å². The van der Waals surface area contributed by atoms with Crippen molar-refractivity contribution in [3.63, 3.8) is 0 Å². The minimum absolute atomic E-state index is 0.147. The first-order valence-corrected chi connectivity index (χ1v) is 7.86. The second-order valence-electron chi connectivity index (χ2n) is 5.18. The quantitative estimate of drug-likeness (QED) is 0.789. The molecule has 0 bridgehead atoms. The highest BCUT2D eigenvalue weighted by Crippen LogP contribution is 2.23. The topological polar surface area (TPSA) is 84.9 Å². The van der Waals surface area contributed by atoms with Gasteiger partial charge in [0, 0.05) is 11.6 Å². The molecule has 2 rings (SSSR count). The number of aromatic carboxylic acids is 1. The number of rotatable bonds is 7. The number of hydrogen-bond donors (Lipinski definition) is 2. The van der Waals surface area contributed by atoms with E-state index >= 15 is 0 Å². The molecular weight excluding hydrogens is 346 g/mol. The molecule has 1 amide bonds. The molecule has 0 spiro atoms. The number of amides is 1. The van der Waals surface area contributed by atoms with Gasteiger partial charge < -0.3 is 19.9 Å². The average Bonchev–Trinajstić information content (AvgIpc) is 2.61. The van der Waals surface area contributed by atoms with E-state index in [1.807, 2.05) is 0 Å². The van der Waals surface area contributed by atoms with Crippen LogP contribution in [0.1, 0.15) is 26.3 Å². The summed E-state index contributed by atoms with van der Waals surface area (Å²) in [5.74, 6) is -0.425. The molecule has 2 aromatic carbocycles. The van der Waals surface area contributed by atoms with E-state index in [0.717, 1.165) is 5.56 Å².